The van der Waals surface area contributed by atoms with E-state index in [9.17, 15) is 18.0 Å². The van der Waals surface area contributed by atoms with E-state index in [0.29, 0.717) is 9.79 Å². The van der Waals surface area contributed by atoms with Crippen LogP contribution in [-0.4, -0.2) is 36.8 Å². The molecule has 2 atom stereocenters. The van der Waals surface area contributed by atoms with Crippen molar-refractivity contribution in [3.8, 4) is 12.8 Å². The zero-order valence-electron chi connectivity index (χ0n) is 15.2. The molecule has 2 aromatic carbocycles. The van der Waals surface area contributed by atoms with Crippen LogP contribution in [0.3, 0.4) is 0 Å². The summed E-state index contributed by atoms with van der Waals surface area (Å²) in [6.07, 6.45) is 5.76. The van der Waals surface area contributed by atoms with Crippen LogP contribution in [0.5, 0.6) is 0 Å². The number of hydrogen-bond acceptors (Lipinski definition) is 4. The number of aliphatic carboxylic acids is 1. The minimum absolute atomic E-state index is 0.0443. The quantitative estimate of drug-likeness (QED) is 0.762. The zero-order chi connectivity index (χ0) is 20.7. The van der Waals surface area contributed by atoms with Crippen LogP contribution in [0.15, 0.2) is 70.5 Å². The summed E-state index contributed by atoms with van der Waals surface area (Å²) in [5.41, 5.74) is 0. The Morgan fingerprint density at radius 2 is 1.27 bits per heavy atom. The van der Waals surface area contributed by atoms with Gasteiger partial charge < -0.3 is 5.11 Å². The van der Waals surface area contributed by atoms with Crippen molar-refractivity contribution in [2.24, 2.45) is 0 Å². The van der Waals surface area contributed by atoms with Gasteiger partial charge in [-0.25, -0.2) is 0 Å². The number of carboxylic acid groups (broad SMARTS) is 1. The molecule has 0 bridgehead atoms. The van der Waals surface area contributed by atoms with E-state index in [4.69, 9.17) is 6.48 Å². The second-order valence-corrected chi connectivity index (χ2v) is 7.60. The molecule has 138 valence electrons. The summed E-state index contributed by atoms with van der Waals surface area (Å²) < 4.78 is 28.3. The summed E-state index contributed by atoms with van der Waals surface area (Å²) in [6, 6.07) is 17.6. The number of terminal acetylenes is 1. The first-order chi connectivity index (χ1) is 12.8. The maximum atomic E-state index is 11.3. The average molecular weight is 394 g/mol. The second-order valence-electron chi connectivity index (χ2n) is 4.70. The smallest absolute Gasteiger partial charge is 0.316 e. The summed E-state index contributed by atoms with van der Waals surface area (Å²) in [5, 5.41) is 8.35. The highest BCUT2D eigenvalue weighted by molar-refractivity contribution is 7.86. The molecular formula is C19H20O5S2. The third kappa shape index (κ3) is 10.3. The highest BCUT2D eigenvalue weighted by Crippen LogP contribution is 2.05. The fourth-order valence-electron chi connectivity index (χ4n) is 1.61. The van der Waals surface area contributed by atoms with E-state index in [1.165, 1.54) is 13.3 Å². The monoisotopic (exact) mass is 393 g/mol. The Labute approximate surface area is 159 Å². The van der Waals surface area contributed by atoms with Crippen molar-refractivity contribution >= 4 is 33.4 Å². The van der Waals surface area contributed by atoms with Crippen LogP contribution < -0.4 is 0 Å². The first-order valence-electron chi connectivity index (χ1n) is 7.77. The van der Waals surface area contributed by atoms with Crippen molar-refractivity contribution in [3.63, 3.8) is 0 Å². The Morgan fingerprint density at radius 3 is 1.58 bits per heavy atom. The molecule has 0 radical (unpaired) electrons. The number of carbonyl (C=O) groups is 2. The molecule has 26 heavy (non-hydrogen) atoms. The Bertz CT molecular complexity index is 738. The van der Waals surface area contributed by atoms with Crippen LogP contribution in [0, 0.1) is 12.8 Å². The first-order valence-corrected chi connectivity index (χ1v) is 9.91. The third-order valence-corrected chi connectivity index (χ3v) is 5.37. The topological polar surface area (TPSA) is 88.5 Å². The second kappa shape index (κ2) is 13.7. The molecule has 1 N–H and O–H groups in total. The van der Waals surface area contributed by atoms with Crippen molar-refractivity contribution in [2.75, 3.05) is 11.5 Å². The molecule has 0 saturated carbocycles. The summed E-state index contributed by atoms with van der Waals surface area (Å²) in [5.74, 6) is -1.30. The fourth-order valence-corrected chi connectivity index (χ4v) is 3.46. The number of ketones is 1. The van der Waals surface area contributed by atoms with Gasteiger partial charge in [0.2, 0.25) is 0 Å². The van der Waals surface area contributed by atoms with Gasteiger partial charge in [0.25, 0.3) is 0 Å². The lowest BCUT2D eigenvalue weighted by atomic mass is 10.4. The SMILES string of the molecule is CC(=O)CS(=O)c1ccccc1.O=C(O)CS(=O)c1ccccc1.[2H]C#C. The fraction of sp³-hybridized carbons (Fsp3) is 0.158. The van der Waals surface area contributed by atoms with Crippen molar-refractivity contribution in [2.45, 2.75) is 16.7 Å². The number of benzene rings is 2. The maximum Gasteiger partial charge on any atom is 0.316 e. The molecular weight excluding hydrogens is 372 g/mol. The number of Topliss-reactive ketones (excluding diaryl/α,β-unsaturated/α-hetero) is 1. The van der Waals surface area contributed by atoms with E-state index in [1.54, 1.807) is 42.5 Å². The van der Waals surface area contributed by atoms with Crippen LogP contribution >= 0.6 is 0 Å². The molecule has 2 aromatic rings. The minimum atomic E-state index is -1.41. The van der Waals surface area contributed by atoms with Crippen LogP contribution in [0.25, 0.3) is 0 Å². The van der Waals surface area contributed by atoms with E-state index < -0.39 is 27.6 Å². The molecule has 0 spiro atoms. The maximum absolute atomic E-state index is 11.3. The lowest BCUT2D eigenvalue weighted by Crippen LogP contribution is -2.08. The molecule has 0 aliphatic carbocycles. The van der Waals surface area contributed by atoms with Crippen LogP contribution in [0.2, 0.25) is 0 Å². The highest BCUT2D eigenvalue weighted by atomic mass is 32.2. The summed E-state index contributed by atoms with van der Waals surface area (Å²) in [6.45, 7) is 1.45. The summed E-state index contributed by atoms with van der Waals surface area (Å²) >= 11 is 0. The van der Waals surface area contributed by atoms with E-state index in [2.05, 4.69) is 6.42 Å². The number of rotatable bonds is 6. The minimum Gasteiger partial charge on any atom is -0.481 e. The lowest BCUT2D eigenvalue weighted by molar-refractivity contribution is -0.134. The average Bonchev–Trinajstić information content (AvgIpc) is 2.63. The number of carboxylic acids is 1. The van der Waals surface area contributed by atoms with Gasteiger partial charge in [-0.1, -0.05) is 36.4 Å². The van der Waals surface area contributed by atoms with Gasteiger partial charge in [0.15, 0.2) is 0 Å². The van der Waals surface area contributed by atoms with Gasteiger partial charge in [0.1, 0.15) is 12.9 Å². The molecule has 7 heteroatoms. The van der Waals surface area contributed by atoms with Crippen LogP contribution in [-0.2, 0) is 31.2 Å². The van der Waals surface area contributed by atoms with E-state index in [-0.39, 0.29) is 17.3 Å². The molecule has 0 aromatic heterocycles. The first kappa shape index (κ1) is 21.5. The van der Waals surface area contributed by atoms with Gasteiger partial charge in [0.05, 0.1) is 27.4 Å². The molecule has 0 aliphatic heterocycles. The molecule has 0 heterocycles. The van der Waals surface area contributed by atoms with Crippen molar-refractivity contribution in [3.05, 3.63) is 60.7 Å². The molecule has 2 rings (SSSR count). The highest BCUT2D eigenvalue weighted by Gasteiger charge is 2.07. The lowest BCUT2D eigenvalue weighted by Gasteiger charge is -1.97. The number of carbonyl (C=O) groups excluding carboxylic acids is 1. The van der Waals surface area contributed by atoms with Crippen molar-refractivity contribution in [1.82, 2.24) is 0 Å². The molecule has 5 nitrogen and oxygen atoms in total. The Morgan fingerprint density at radius 1 is 0.923 bits per heavy atom. The molecule has 0 saturated heterocycles. The van der Waals surface area contributed by atoms with Gasteiger partial charge in [-0.2, -0.15) is 0 Å². The largest absolute Gasteiger partial charge is 0.481 e. The molecule has 0 aliphatic rings. The van der Waals surface area contributed by atoms with E-state index >= 15 is 0 Å². The summed E-state index contributed by atoms with van der Waals surface area (Å²) in [4.78, 5) is 22.1. The third-order valence-electron chi connectivity index (χ3n) is 2.60. The zero-order valence-corrected chi connectivity index (χ0v) is 15.8. The van der Waals surface area contributed by atoms with E-state index in [0.717, 1.165) is 0 Å². The predicted molar refractivity (Wildman–Crippen MR) is 104 cm³/mol. The normalized spacial score (nSPS) is 11.8. The molecule has 0 amide bonds. The Balaban J connectivity index is 0.000000438. The van der Waals surface area contributed by atoms with Gasteiger partial charge in [-0.15, -0.1) is 12.8 Å². The molecule has 2 unspecified atom stereocenters. The predicted octanol–water partition coefficient (Wildman–Crippen LogP) is 2.51. The van der Waals surface area contributed by atoms with Crippen molar-refractivity contribution < 1.29 is 24.5 Å². The van der Waals surface area contributed by atoms with Gasteiger partial charge in [-0.05, 0) is 31.2 Å². The van der Waals surface area contributed by atoms with Gasteiger partial charge >= 0.3 is 5.97 Å². The molecule has 0 fully saturated rings. The Kier molecular flexibility index (Phi) is 11.3. The Hall–Kier alpha value is -2.56. The van der Waals surface area contributed by atoms with Crippen LogP contribution in [0.1, 0.15) is 8.29 Å². The standard InChI is InChI=1S/C9H10O2S.C8H8O3S.C2H2/c1-8(10)7-12(11)9-5-3-2-4-6-9;9-8(10)6-12(11)7-4-2-1-3-5-7;1-2/h2-6H,7H2,1H3;1-5H,6H2,(H,9,10);1-2H/i;;1D. The van der Waals surface area contributed by atoms with Crippen LogP contribution in [0.4, 0.5) is 0 Å². The van der Waals surface area contributed by atoms with Gasteiger partial charge in [-0.3, -0.25) is 18.0 Å². The van der Waals surface area contributed by atoms with Crippen molar-refractivity contribution in [1.29, 1.82) is 0 Å². The van der Waals surface area contributed by atoms with Gasteiger partial charge in [0, 0.05) is 9.79 Å². The van der Waals surface area contributed by atoms with E-state index in [1.807, 2.05) is 18.2 Å². The number of hydrogen-bond donors (Lipinski definition) is 1. The summed E-state index contributed by atoms with van der Waals surface area (Å²) in [7, 11) is -2.58.